The maximum atomic E-state index is 13.5. The first-order valence-electron chi connectivity index (χ1n) is 10.1. The summed E-state index contributed by atoms with van der Waals surface area (Å²) in [6.45, 7) is 1.79. The molecule has 0 unspecified atom stereocenters. The second kappa shape index (κ2) is 9.94. The van der Waals surface area contributed by atoms with Gasteiger partial charge in [0.05, 0.1) is 37.9 Å². The summed E-state index contributed by atoms with van der Waals surface area (Å²) in [6, 6.07) is 12.0. The fourth-order valence-electron chi connectivity index (χ4n) is 3.34. The molecule has 8 nitrogen and oxygen atoms in total. The van der Waals surface area contributed by atoms with Crippen LogP contribution in [-0.4, -0.2) is 37.3 Å². The Bertz CT molecular complexity index is 1600. The Morgan fingerprint density at radius 3 is 2.63 bits per heavy atom. The number of sulfone groups is 1. The molecule has 0 radical (unpaired) electrons. The van der Waals surface area contributed by atoms with Crippen LogP contribution in [0.2, 0.25) is 5.02 Å². The average molecular weight is 551 g/mol. The predicted molar refractivity (Wildman–Crippen MR) is 138 cm³/mol. The molecule has 2 aromatic heterocycles. The van der Waals surface area contributed by atoms with Gasteiger partial charge in [-0.1, -0.05) is 29.8 Å². The van der Waals surface area contributed by atoms with Gasteiger partial charge in [0, 0.05) is 17.2 Å². The summed E-state index contributed by atoms with van der Waals surface area (Å²) in [4.78, 5) is 27.1. The van der Waals surface area contributed by atoms with Gasteiger partial charge in [-0.2, -0.15) is 0 Å². The molecule has 0 saturated carbocycles. The Morgan fingerprint density at radius 2 is 1.94 bits per heavy atom. The maximum absolute atomic E-state index is 13.5. The number of aromatic amines is 1. The average Bonchev–Trinajstić information content (AvgIpc) is 3.20. The third-order valence-electron chi connectivity index (χ3n) is 4.99. The minimum absolute atomic E-state index is 0.00163. The molecule has 0 aliphatic carbocycles. The molecule has 3 N–H and O–H groups in total. The van der Waals surface area contributed by atoms with Crippen molar-refractivity contribution in [2.75, 3.05) is 18.2 Å². The van der Waals surface area contributed by atoms with Gasteiger partial charge in [0.25, 0.3) is 5.56 Å². The van der Waals surface area contributed by atoms with Crippen molar-refractivity contribution in [3.8, 4) is 11.5 Å². The monoisotopic (exact) mass is 550 g/mol. The molecule has 2 heterocycles. The number of nitrogens with one attached hydrogen (secondary N) is 2. The van der Waals surface area contributed by atoms with E-state index in [2.05, 4.69) is 10.3 Å². The highest BCUT2D eigenvalue weighted by molar-refractivity contribution is 8.02. The lowest BCUT2D eigenvalue weighted by molar-refractivity contribution is -0.113. The lowest BCUT2D eigenvalue weighted by Gasteiger charge is -2.12. The van der Waals surface area contributed by atoms with Crippen LogP contribution in [-0.2, 0) is 14.6 Å². The molecule has 0 bridgehead atoms. The van der Waals surface area contributed by atoms with E-state index < -0.39 is 21.3 Å². The number of ether oxygens (including phenoxy) is 1. The van der Waals surface area contributed by atoms with Gasteiger partial charge in [-0.3, -0.25) is 9.59 Å². The lowest BCUT2D eigenvalue weighted by Crippen LogP contribution is -2.15. The van der Waals surface area contributed by atoms with Gasteiger partial charge in [-0.15, -0.1) is 23.1 Å². The third-order valence-corrected chi connectivity index (χ3v) is 9.98. The van der Waals surface area contributed by atoms with Crippen molar-refractivity contribution >= 4 is 66.3 Å². The fraction of sp³-hybridized carbons (Fsp3) is 0.130. The molecular formula is C23H19ClN2O6S3. The first-order valence-corrected chi connectivity index (χ1v) is 13.7. The number of methoxy groups -OCH3 is 1. The van der Waals surface area contributed by atoms with E-state index in [4.69, 9.17) is 16.3 Å². The van der Waals surface area contributed by atoms with Gasteiger partial charge in [0.15, 0.2) is 0 Å². The van der Waals surface area contributed by atoms with Crippen LogP contribution in [0.5, 0.6) is 11.5 Å². The van der Waals surface area contributed by atoms with E-state index in [9.17, 15) is 23.1 Å². The zero-order valence-electron chi connectivity index (χ0n) is 18.4. The number of anilines is 1. The van der Waals surface area contributed by atoms with Crippen molar-refractivity contribution in [3.63, 3.8) is 0 Å². The number of carbonyl (C=O) groups excluding carboxylic acids is 1. The smallest absolute Gasteiger partial charge is 0.252 e. The van der Waals surface area contributed by atoms with Crippen molar-refractivity contribution in [1.29, 1.82) is 0 Å². The van der Waals surface area contributed by atoms with Crippen LogP contribution in [0.15, 0.2) is 67.3 Å². The summed E-state index contributed by atoms with van der Waals surface area (Å²) in [6.07, 6.45) is 0. The maximum Gasteiger partial charge on any atom is 0.252 e. The molecule has 0 fully saturated rings. The van der Waals surface area contributed by atoms with Crippen LogP contribution < -0.4 is 15.6 Å². The Morgan fingerprint density at radius 1 is 1.23 bits per heavy atom. The quantitative estimate of drug-likeness (QED) is 0.281. The standard InChI is InChI=1S/C23H19ClN2O6S3/c1-12-8-15(17(32-2)9-14(12)24)25-19(29)11-33-23-22(35(30,31)13-6-4-3-5-7-13)20-21(34-23)16(27)10-18(28)26-20/h3-10H,11H2,1-2H3,(H,25,29)(H2,26,27,28). The van der Waals surface area contributed by atoms with E-state index in [1.807, 2.05) is 0 Å². The van der Waals surface area contributed by atoms with Gasteiger partial charge >= 0.3 is 0 Å². The van der Waals surface area contributed by atoms with Gasteiger partial charge in [-0.25, -0.2) is 8.42 Å². The number of aromatic nitrogens is 1. The highest BCUT2D eigenvalue weighted by Gasteiger charge is 2.29. The molecule has 1 amide bonds. The molecule has 0 spiro atoms. The van der Waals surface area contributed by atoms with Crippen LogP contribution >= 0.6 is 34.7 Å². The molecule has 0 atom stereocenters. The van der Waals surface area contributed by atoms with Crippen molar-refractivity contribution in [2.24, 2.45) is 0 Å². The highest BCUT2D eigenvalue weighted by atomic mass is 35.5. The van der Waals surface area contributed by atoms with Gasteiger partial charge in [-0.05, 0) is 30.7 Å². The normalized spacial score (nSPS) is 11.5. The third kappa shape index (κ3) is 5.03. The van der Waals surface area contributed by atoms with E-state index >= 15 is 0 Å². The van der Waals surface area contributed by atoms with Crippen LogP contribution in [0.4, 0.5) is 5.69 Å². The molecule has 4 aromatic rings. The summed E-state index contributed by atoms with van der Waals surface area (Å²) in [7, 11) is -2.62. The minimum atomic E-state index is -4.07. The number of hydrogen-bond acceptors (Lipinski definition) is 8. The molecule has 0 aliphatic heterocycles. The van der Waals surface area contributed by atoms with Gasteiger partial charge in [0.2, 0.25) is 15.7 Å². The van der Waals surface area contributed by atoms with E-state index in [1.165, 1.54) is 19.2 Å². The number of carbonyl (C=O) groups is 1. The van der Waals surface area contributed by atoms with Crippen LogP contribution in [0.1, 0.15) is 5.56 Å². The van der Waals surface area contributed by atoms with Crippen molar-refractivity contribution in [2.45, 2.75) is 20.9 Å². The predicted octanol–water partition coefficient (Wildman–Crippen LogP) is 4.83. The second-order valence-corrected chi connectivity index (χ2v) is 12.0. The van der Waals surface area contributed by atoms with Crippen LogP contribution in [0, 0.1) is 6.92 Å². The number of rotatable bonds is 7. The molecule has 12 heteroatoms. The van der Waals surface area contributed by atoms with Crippen LogP contribution in [0.3, 0.4) is 0 Å². The molecule has 0 saturated heterocycles. The summed E-state index contributed by atoms with van der Waals surface area (Å²) < 4.78 is 32.7. The zero-order chi connectivity index (χ0) is 25.3. The van der Waals surface area contributed by atoms with E-state index in [0.29, 0.717) is 16.5 Å². The Hall–Kier alpha value is -2.99. The van der Waals surface area contributed by atoms with Crippen molar-refractivity contribution < 1.29 is 23.1 Å². The SMILES string of the molecule is COc1cc(Cl)c(C)cc1NC(=O)CSc1sc2c(O)cc(=O)[nH]c2c1S(=O)(=O)c1ccccc1. The molecule has 182 valence electrons. The van der Waals surface area contributed by atoms with Crippen LogP contribution in [0.25, 0.3) is 10.2 Å². The Labute approximate surface area is 213 Å². The van der Waals surface area contributed by atoms with Crippen molar-refractivity contribution in [1.82, 2.24) is 4.98 Å². The number of H-pyrrole nitrogens is 1. The number of aryl methyl sites for hydroxylation is 1. The number of halogens is 1. The highest BCUT2D eigenvalue weighted by Crippen LogP contribution is 2.44. The minimum Gasteiger partial charge on any atom is -0.506 e. The molecule has 0 aliphatic rings. The number of benzene rings is 2. The molecule has 2 aromatic carbocycles. The number of amides is 1. The largest absolute Gasteiger partial charge is 0.506 e. The number of aromatic hydroxyl groups is 1. The summed E-state index contributed by atoms with van der Waals surface area (Å²) in [5.41, 5.74) is 0.532. The lowest BCUT2D eigenvalue weighted by atomic mass is 10.2. The number of fused-ring (bicyclic) bond motifs is 1. The Balaban J connectivity index is 1.71. The fourth-order valence-corrected chi connectivity index (χ4v) is 7.94. The first kappa shape index (κ1) is 25.1. The van der Waals surface area contributed by atoms with E-state index in [1.54, 1.807) is 37.3 Å². The summed E-state index contributed by atoms with van der Waals surface area (Å²) in [5.74, 6) is -0.500. The summed E-state index contributed by atoms with van der Waals surface area (Å²) >= 11 is 8.08. The topological polar surface area (TPSA) is 126 Å². The Kier molecular flexibility index (Phi) is 7.13. The molecular weight excluding hydrogens is 532 g/mol. The van der Waals surface area contributed by atoms with E-state index in [-0.39, 0.29) is 35.7 Å². The molecule has 35 heavy (non-hydrogen) atoms. The number of pyridine rings is 1. The van der Waals surface area contributed by atoms with Gasteiger partial charge in [0.1, 0.15) is 16.4 Å². The zero-order valence-corrected chi connectivity index (χ0v) is 21.6. The summed E-state index contributed by atoms with van der Waals surface area (Å²) in [5, 5.41) is 13.5. The number of thioether (sulfide) groups is 1. The molecule has 4 rings (SSSR count). The van der Waals surface area contributed by atoms with Gasteiger partial charge < -0.3 is 20.1 Å². The van der Waals surface area contributed by atoms with E-state index in [0.717, 1.165) is 34.7 Å². The second-order valence-electron chi connectivity index (χ2n) is 7.40. The number of thiophene rings is 1. The first-order chi connectivity index (χ1) is 16.6. The van der Waals surface area contributed by atoms with Crippen molar-refractivity contribution in [3.05, 3.63) is 69.5 Å². The number of hydrogen-bond donors (Lipinski definition) is 3.